The van der Waals surface area contributed by atoms with Gasteiger partial charge in [-0.25, -0.2) is 13.1 Å². The zero-order valence-electron chi connectivity index (χ0n) is 12.6. The molecule has 0 bridgehead atoms. The van der Waals surface area contributed by atoms with Gasteiger partial charge < -0.3 is 0 Å². The molecule has 2 atom stereocenters. The van der Waals surface area contributed by atoms with Crippen molar-refractivity contribution in [1.82, 2.24) is 9.79 Å². The zero-order chi connectivity index (χ0) is 15.8. The fourth-order valence-electron chi connectivity index (χ4n) is 2.47. The van der Waals surface area contributed by atoms with E-state index in [4.69, 9.17) is 16.4 Å². The average molecular weight is 333 g/mol. The zero-order valence-corrected chi connectivity index (χ0v) is 14.2. The van der Waals surface area contributed by atoms with Crippen LogP contribution in [0.3, 0.4) is 0 Å². The Morgan fingerprint density at radius 1 is 1.38 bits per heavy atom. The van der Waals surface area contributed by atoms with E-state index in [2.05, 4.69) is 4.72 Å². The van der Waals surface area contributed by atoms with Gasteiger partial charge in [0, 0.05) is 17.6 Å². The molecule has 0 radical (unpaired) electrons. The van der Waals surface area contributed by atoms with Gasteiger partial charge in [-0.3, -0.25) is 4.84 Å². The molecule has 1 N–H and O–H groups in total. The van der Waals surface area contributed by atoms with Gasteiger partial charge in [-0.2, -0.15) is 5.06 Å². The van der Waals surface area contributed by atoms with Gasteiger partial charge in [0.05, 0.1) is 12.6 Å². The lowest BCUT2D eigenvalue weighted by molar-refractivity contribution is -0.110. The van der Waals surface area contributed by atoms with Crippen molar-refractivity contribution >= 4 is 21.6 Å². The molecular formula is C14H21ClN2O3S. The quantitative estimate of drug-likeness (QED) is 0.923. The van der Waals surface area contributed by atoms with E-state index in [1.165, 1.54) is 0 Å². The third-order valence-electron chi connectivity index (χ3n) is 3.22. The van der Waals surface area contributed by atoms with Crippen molar-refractivity contribution < 1.29 is 13.3 Å². The molecular weight excluding hydrogens is 312 g/mol. The number of benzene rings is 1. The van der Waals surface area contributed by atoms with Crippen molar-refractivity contribution in [2.45, 2.75) is 37.6 Å². The summed E-state index contributed by atoms with van der Waals surface area (Å²) in [6.45, 7) is 5.58. The average Bonchev–Trinajstić information content (AvgIpc) is 2.68. The fraction of sp³-hybridized carbons (Fsp3) is 0.571. The summed E-state index contributed by atoms with van der Waals surface area (Å²) >= 11 is 6.02. The minimum absolute atomic E-state index is 0.124. The second kappa shape index (κ2) is 5.85. The summed E-state index contributed by atoms with van der Waals surface area (Å²) in [4.78, 5) is 5.44. The maximum atomic E-state index is 12.6. The Morgan fingerprint density at radius 3 is 2.62 bits per heavy atom. The number of sulfonamides is 1. The number of halogens is 1. The first-order chi connectivity index (χ1) is 9.60. The molecule has 0 amide bonds. The summed E-state index contributed by atoms with van der Waals surface area (Å²) in [5.74, 6) is 0. The lowest BCUT2D eigenvalue weighted by Gasteiger charge is -2.27. The van der Waals surface area contributed by atoms with E-state index in [0.717, 1.165) is 5.56 Å². The summed E-state index contributed by atoms with van der Waals surface area (Å²) in [5.41, 5.74) is 0.297. The van der Waals surface area contributed by atoms with Gasteiger partial charge in [0.25, 0.3) is 0 Å². The number of hydroxylamine groups is 2. The van der Waals surface area contributed by atoms with Crippen LogP contribution in [0.15, 0.2) is 24.3 Å². The normalized spacial score (nSPS) is 24.4. The van der Waals surface area contributed by atoms with E-state index in [9.17, 15) is 8.42 Å². The molecule has 0 spiro atoms. The molecule has 21 heavy (non-hydrogen) atoms. The van der Waals surface area contributed by atoms with Gasteiger partial charge in [-0.1, -0.05) is 23.7 Å². The number of rotatable bonds is 3. The summed E-state index contributed by atoms with van der Waals surface area (Å²) in [7, 11) is -1.79. The van der Waals surface area contributed by atoms with Crippen LogP contribution in [-0.2, 0) is 14.9 Å². The van der Waals surface area contributed by atoms with Crippen LogP contribution in [0.5, 0.6) is 0 Å². The summed E-state index contributed by atoms with van der Waals surface area (Å²) in [6, 6.07) is 6.82. The number of hydrogen-bond acceptors (Lipinski definition) is 4. The molecule has 0 aliphatic carbocycles. The lowest BCUT2D eigenvalue weighted by atomic mass is 10.0. The van der Waals surface area contributed by atoms with Gasteiger partial charge in [0.15, 0.2) is 0 Å². The SMILES string of the molecule is CN1OC[C@H](S(=O)(=O)NC(C)(C)C)[C@H]1c1cccc(Cl)c1. The van der Waals surface area contributed by atoms with Gasteiger partial charge in [0.2, 0.25) is 10.0 Å². The van der Waals surface area contributed by atoms with Crippen molar-refractivity contribution in [2.75, 3.05) is 13.7 Å². The van der Waals surface area contributed by atoms with Crippen LogP contribution in [0.25, 0.3) is 0 Å². The van der Waals surface area contributed by atoms with Crippen LogP contribution in [0.1, 0.15) is 32.4 Å². The van der Waals surface area contributed by atoms with Crippen molar-refractivity contribution in [2.24, 2.45) is 0 Å². The van der Waals surface area contributed by atoms with Gasteiger partial charge >= 0.3 is 0 Å². The molecule has 1 aliphatic heterocycles. The third-order valence-corrected chi connectivity index (χ3v) is 5.55. The second-order valence-corrected chi connectivity index (χ2v) is 8.61. The number of nitrogens with zero attached hydrogens (tertiary/aromatic N) is 1. The van der Waals surface area contributed by atoms with Crippen LogP contribution in [0.2, 0.25) is 5.02 Å². The minimum Gasteiger partial charge on any atom is -0.297 e. The van der Waals surface area contributed by atoms with E-state index in [1.807, 2.05) is 32.9 Å². The van der Waals surface area contributed by atoms with Gasteiger partial charge in [-0.15, -0.1) is 0 Å². The molecule has 1 aromatic carbocycles. The molecule has 0 saturated carbocycles. The van der Waals surface area contributed by atoms with Crippen molar-refractivity contribution in [3.8, 4) is 0 Å². The predicted octanol–water partition coefficient (Wildman–Crippen LogP) is 2.34. The van der Waals surface area contributed by atoms with Crippen molar-refractivity contribution in [3.63, 3.8) is 0 Å². The topological polar surface area (TPSA) is 58.6 Å². The van der Waals surface area contributed by atoms with Gasteiger partial charge in [0.1, 0.15) is 5.25 Å². The summed E-state index contributed by atoms with van der Waals surface area (Å²) in [5, 5.41) is 1.48. The molecule has 0 aromatic heterocycles. The Labute approximate surface area is 131 Å². The third kappa shape index (κ3) is 3.96. The molecule has 1 heterocycles. The molecule has 1 fully saturated rings. The molecule has 1 aliphatic rings. The Hall–Kier alpha value is -0.660. The fourth-order valence-corrected chi connectivity index (χ4v) is 4.59. The number of nitrogens with one attached hydrogen (secondary N) is 1. The van der Waals surface area contributed by atoms with E-state index >= 15 is 0 Å². The van der Waals surface area contributed by atoms with Crippen LogP contribution in [0.4, 0.5) is 0 Å². The highest BCUT2D eigenvalue weighted by Crippen LogP contribution is 2.34. The maximum absolute atomic E-state index is 12.6. The predicted molar refractivity (Wildman–Crippen MR) is 83.5 cm³/mol. The highest BCUT2D eigenvalue weighted by Gasteiger charge is 2.44. The molecule has 7 heteroatoms. The van der Waals surface area contributed by atoms with E-state index in [1.54, 1.807) is 24.2 Å². The van der Waals surface area contributed by atoms with Crippen molar-refractivity contribution in [1.29, 1.82) is 0 Å². The van der Waals surface area contributed by atoms with Crippen LogP contribution in [0, 0.1) is 0 Å². The Balaban J connectivity index is 2.35. The number of hydrogen-bond donors (Lipinski definition) is 1. The first kappa shape index (κ1) is 16.7. The lowest BCUT2D eigenvalue weighted by Crippen LogP contribution is -2.47. The molecule has 1 aromatic rings. The largest absolute Gasteiger partial charge is 0.297 e. The van der Waals surface area contributed by atoms with E-state index < -0.39 is 20.8 Å². The van der Waals surface area contributed by atoms with Gasteiger partial charge in [-0.05, 0) is 38.5 Å². The Bertz CT molecular complexity index is 613. The standard InChI is InChI=1S/C14H21ClN2O3S/c1-14(2,3)16-21(18,19)12-9-20-17(4)13(12)10-6-5-7-11(15)8-10/h5-8,12-13,16H,9H2,1-4H3/t12-,13+/m0/s1. The maximum Gasteiger partial charge on any atom is 0.219 e. The molecule has 5 nitrogen and oxygen atoms in total. The van der Waals surface area contributed by atoms with Crippen LogP contribution >= 0.6 is 11.6 Å². The smallest absolute Gasteiger partial charge is 0.219 e. The molecule has 118 valence electrons. The first-order valence-corrected chi connectivity index (χ1v) is 8.66. The Morgan fingerprint density at radius 2 is 2.05 bits per heavy atom. The first-order valence-electron chi connectivity index (χ1n) is 6.74. The van der Waals surface area contributed by atoms with E-state index in [0.29, 0.717) is 5.02 Å². The summed E-state index contributed by atoms with van der Waals surface area (Å²) in [6.07, 6.45) is 0. The van der Waals surface area contributed by atoms with E-state index in [-0.39, 0.29) is 12.6 Å². The molecule has 2 rings (SSSR count). The van der Waals surface area contributed by atoms with Crippen LogP contribution < -0.4 is 4.72 Å². The monoisotopic (exact) mass is 332 g/mol. The Kier molecular flexibility index (Phi) is 4.66. The molecule has 0 unspecified atom stereocenters. The van der Waals surface area contributed by atoms with Crippen LogP contribution in [-0.4, -0.2) is 37.9 Å². The van der Waals surface area contributed by atoms with Crippen molar-refractivity contribution in [3.05, 3.63) is 34.9 Å². The summed E-state index contributed by atoms with van der Waals surface area (Å²) < 4.78 is 27.9. The molecule has 1 saturated heterocycles. The highest BCUT2D eigenvalue weighted by atomic mass is 35.5. The minimum atomic E-state index is -3.52. The highest BCUT2D eigenvalue weighted by molar-refractivity contribution is 7.90. The second-order valence-electron chi connectivity index (χ2n) is 6.28.